The van der Waals surface area contributed by atoms with Crippen LogP contribution in [0.25, 0.3) is 0 Å². The molecule has 0 bridgehead atoms. The van der Waals surface area contributed by atoms with Crippen molar-refractivity contribution in [2.24, 2.45) is 5.73 Å². The van der Waals surface area contributed by atoms with Crippen LogP contribution >= 0.6 is 0 Å². The monoisotopic (exact) mass is 348 g/mol. The maximum absolute atomic E-state index is 13.6. The number of hydrogen-bond acceptors (Lipinski definition) is 3. The number of nitrogens with two attached hydrogens (primary N) is 1. The fourth-order valence-electron chi connectivity index (χ4n) is 1.71. The predicted molar refractivity (Wildman–Crippen MR) is 72.0 cm³/mol. The van der Waals surface area contributed by atoms with Crippen molar-refractivity contribution in [1.29, 1.82) is 0 Å². The topological polar surface area (TPSA) is 89.3 Å². The van der Waals surface area contributed by atoms with Crippen LogP contribution in [0.2, 0.25) is 0 Å². The van der Waals surface area contributed by atoms with E-state index in [9.17, 15) is 30.8 Å². The predicted octanol–water partition coefficient (Wildman–Crippen LogP) is 2.14. The van der Waals surface area contributed by atoms with Crippen molar-refractivity contribution in [2.75, 3.05) is 4.72 Å². The summed E-state index contributed by atoms with van der Waals surface area (Å²) < 4.78 is 78.9. The molecule has 0 aromatic heterocycles. The maximum atomic E-state index is 13.6. The van der Waals surface area contributed by atoms with Gasteiger partial charge in [-0.15, -0.1) is 0 Å². The van der Waals surface area contributed by atoms with Gasteiger partial charge in [0.2, 0.25) is 0 Å². The van der Waals surface area contributed by atoms with Crippen LogP contribution < -0.4 is 10.5 Å². The van der Waals surface area contributed by atoms with E-state index in [4.69, 9.17) is 5.73 Å². The number of halogens is 4. The van der Waals surface area contributed by atoms with Gasteiger partial charge in [0.25, 0.3) is 15.9 Å². The van der Waals surface area contributed by atoms with Gasteiger partial charge in [0.15, 0.2) is 0 Å². The van der Waals surface area contributed by atoms with Crippen LogP contribution in [0.5, 0.6) is 0 Å². The molecule has 2 aromatic carbocycles. The number of carbonyl (C=O) groups excluding carboxylic acids is 1. The quantitative estimate of drug-likeness (QED) is 0.830. The lowest BCUT2D eigenvalue weighted by molar-refractivity contribution is 0.0996. The summed E-state index contributed by atoms with van der Waals surface area (Å²) in [6.45, 7) is 0. The zero-order valence-corrected chi connectivity index (χ0v) is 11.9. The molecule has 0 aliphatic heterocycles. The van der Waals surface area contributed by atoms with E-state index >= 15 is 0 Å². The lowest BCUT2D eigenvalue weighted by Gasteiger charge is -2.11. The van der Waals surface area contributed by atoms with Crippen molar-refractivity contribution in [3.63, 3.8) is 0 Å². The first-order chi connectivity index (χ1) is 10.6. The molecule has 0 saturated carbocycles. The van der Waals surface area contributed by atoms with E-state index in [2.05, 4.69) is 0 Å². The Morgan fingerprint density at radius 1 is 0.957 bits per heavy atom. The molecule has 2 aromatic rings. The molecule has 0 fully saturated rings. The fraction of sp³-hybridized carbons (Fsp3) is 0. The highest BCUT2D eigenvalue weighted by Crippen LogP contribution is 2.24. The van der Waals surface area contributed by atoms with Crippen molar-refractivity contribution < 1.29 is 30.8 Å². The molecule has 0 radical (unpaired) electrons. The van der Waals surface area contributed by atoms with Crippen LogP contribution in [0, 0.1) is 23.3 Å². The summed E-state index contributed by atoms with van der Waals surface area (Å²) in [7, 11) is -4.64. The maximum Gasteiger partial charge on any atom is 0.264 e. The fourth-order valence-corrected chi connectivity index (χ4v) is 2.83. The third kappa shape index (κ3) is 3.42. The largest absolute Gasteiger partial charge is 0.366 e. The molecule has 0 heterocycles. The van der Waals surface area contributed by atoms with Crippen LogP contribution in [-0.4, -0.2) is 14.3 Å². The van der Waals surface area contributed by atoms with Crippen molar-refractivity contribution in [2.45, 2.75) is 4.90 Å². The minimum Gasteiger partial charge on any atom is -0.366 e. The third-order valence-electron chi connectivity index (χ3n) is 2.75. The molecular formula is C13H8F4N2O3S. The Kier molecular flexibility index (Phi) is 4.28. The molecule has 5 nitrogen and oxygen atoms in total. The lowest BCUT2D eigenvalue weighted by atomic mass is 10.2. The van der Waals surface area contributed by atoms with E-state index in [-0.39, 0.29) is 6.07 Å². The molecular weight excluding hydrogens is 340 g/mol. The first kappa shape index (κ1) is 16.7. The van der Waals surface area contributed by atoms with Gasteiger partial charge in [0.1, 0.15) is 28.2 Å². The molecule has 0 unspecified atom stereocenters. The summed E-state index contributed by atoms with van der Waals surface area (Å²) in [5.41, 5.74) is 3.29. The molecule has 0 saturated heterocycles. The summed E-state index contributed by atoms with van der Waals surface area (Å²) in [6, 6.07) is 2.42. The molecule has 0 atom stereocenters. The molecule has 10 heteroatoms. The van der Waals surface area contributed by atoms with Gasteiger partial charge >= 0.3 is 0 Å². The zero-order chi connectivity index (χ0) is 17.4. The van der Waals surface area contributed by atoms with Gasteiger partial charge in [-0.2, -0.15) is 0 Å². The van der Waals surface area contributed by atoms with E-state index in [0.717, 1.165) is 0 Å². The van der Waals surface area contributed by atoms with Gasteiger partial charge < -0.3 is 5.73 Å². The Balaban J connectivity index is 2.49. The van der Waals surface area contributed by atoms with Crippen molar-refractivity contribution in [3.8, 4) is 0 Å². The van der Waals surface area contributed by atoms with Crippen LogP contribution in [0.4, 0.5) is 23.2 Å². The van der Waals surface area contributed by atoms with Crippen LogP contribution in [0.15, 0.2) is 35.2 Å². The average molecular weight is 348 g/mol. The highest BCUT2D eigenvalue weighted by molar-refractivity contribution is 7.92. The van der Waals surface area contributed by atoms with Gasteiger partial charge in [-0.05, 0) is 18.2 Å². The van der Waals surface area contributed by atoms with E-state index in [1.165, 1.54) is 0 Å². The molecule has 122 valence electrons. The highest BCUT2D eigenvalue weighted by atomic mass is 32.2. The summed E-state index contributed by atoms with van der Waals surface area (Å²) >= 11 is 0. The number of anilines is 1. The van der Waals surface area contributed by atoms with Crippen molar-refractivity contribution in [1.82, 2.24) is 0 Å². The summed E-state index contributed by atoms with van der Waals surface area (Å²) in [6.07, 6.45) is 0. The Morgan fingerprint density at radius 3 is 2.17 bits per heavy atom. The van der Waals surface area contributed by atoms with Crippen LogP contribution in [-0.2, 0) is 10.0 Å². The first-order valence-corrected chi connectivity index (χ1v) is 7.37. The third-order valence-corrected chi connectivity index (χ3v) is 4.15. The molecule has 0 aliphatic carbocycles. The van der Waals surface area contributed by atoms with E-state index in [1.54, 1.807) is 4.72 Å². The van der Waals surface area contributed by atoms with E-state index < -0.39 is 55.3 Å². The Hall–Kier alpha value is -2.62. The summed E-state index contributed by atoms with van der Waals surface area (Å²) in [5.74, 6) is -6.30. The second-order valence-corrected chi connectivity index (χ2v) is 6.01. The van der Waals surface area contributed by atoms with Crippen LogP contribution in [0.1, 0.15) is 10.4 Å². The zero-order valence-electron chi connectivity index (χ0n) is 11.1. The summed E-state index contributed by atoms with van der Waals surface area (Å²) in [4.78, 5) is 10.0. The number of nitrogens with one attached hydrogen (secondary N) is 1. The van der Waals surface area contributed by atoms with Crippen LogP contribution in [0.3, 0.4) is 0 Å². The second kappa shape index (κ2) is 5.88. The highest BCUT2D eigenvalue weighted by Gasteiger charge is 2.23. The van der Waals surface area contributed by atoms with E-state index in [0.29, 0.717) is 24.3 Å². The van der Waals surface area contributed by atoms with Gasteiger partial charge in [-0.1, -0.05) is 0 Å². The average Bonchev–Trinajstić information content (AvgIpc) is 2.40. The molecule has 0 spiro atoms. The van der Waals surface area contributed by atoms with Crippen molar-refractivity contribution in [3.05, 3.63) is 59.2 Å². The number of primary amides is 1. The van der Waals surface area contributed by atoms with Gasteiger partial charge in [0, 0.05) is 12.1 Å². The van der Waals surface area contributed by atoms with E-state index in [1.807, 2.05) is 0 Å². The number of sulfonamides is 1. The van der Waals surface area contributed by atoms with Crippen molar-refractivity contribution >= 4 is 21.6 Å². The normalized spacial score (nSPS) is 11.3. The number of carbonyl (C=O) groups is 1. The Morgan fingerprint density at radius 2 is 1.61 bits per heavy atom. The van der Waals surface area contributed by atoms with Gasteiger partial charge in [-0.3, -0.25) is 9.52 Å². The molecule has 1 amide bonds. The summed E-state index contributed by atoms with van der Waals surface area (Å²) in [5, 5.41) is 0. The number of rotatable bonds is 4. The molecule has 2 rings (SSSR count). The smallest absolute Gasteiger partial charge is 0.264 e. The minimum absolute atomic E-state index is 0.249. The number of benzene rings is 2. The number of amides is 1. The Labute approximate surface area is 127 Å². The first-order valence-electron chi connectivity index (χ1n) is 5.88. The van der Waals surface area contributed by atoms with Gasteiger partial charge in [0.05, 0.1) is 11.3 Å². The SMILES string of the molecule is NC(=O)c1cc(NS(=O)(=O)c2ccc(F)cc2F)c(F)cc1F. The molecule has 23 heavy (non-hydrogen) atoms. The Bertz CT molecular complexity index is 900. The standard InChI is InChI=1S/C13H8F4N2O3S/c14-6-1-2-12(10(17)3-6)23(21,22)19-11-4-7(13(18)20)8(15)5-9(11)16/h1-5,19H,(H2,18,20). The van der Waals surface area contributed by atoms with Gasteiger partial charge in [-0.25, -0.2) is 26.0 Å². The number of hydrogen-bond donors (Lipinski definition) is 2. The second-order valence-electron chi connectivity index (χ2n) is 4.36. The lowest BCUT2D eigenvalue weighted by Crippen LogP contribution is -2.18. The minimum atomic E-state index is -4.64. The molecule has 3 N–H and O–H groups in total. The molecule has 0 aliphatic rings.